The van der Waals surface area contributed by atoms with Gasteiger partial charge in [0.05, 0.1) is 13.3 Å². The minimum atomic E-state index is -0.0422. The molecule has 0 radical (unpaired) electrons. The molecule has 20 heavy (non-hydrogen) atoms. The van der Waals surface area contributed by atoms with Gasteiger partial charge in [0.25, 0.3) is 5.91 Å². The molecular formula is C15H18ClN2O2+. The second kappa shape index (κ2) is 6.59. The molecule has 4 nitrogen and oxygen atoms in total. The van der Waals surface area contributed by atoms with E-state index in [0.29, 0.717) is 18.1 Å². The molecule has 0 fully saturated rings. The second-order valence-electron chi connectivity index (χ2n) is 4.90. The van der Waals surface area contributed by atoms with Crippen LogP contribution in [0.4, 0.5) is 5.69 Å². The van der Waals surface area contributed by atoms with Crippen molar-refractivity contribution in [2.45, 2.75) is 13.5 Å². The van der Waals surface area contributed by atoms with Crippen LogP contribution >= 0.6 is 11.6 Å². The van der Waals surface area contributed by atoms with Crippen LogP contribution < -0.4 is 10.2 Å². The van der Waals surface area contributed by atoms with Crippen molar-refractivity contribution in [1.29, 1.82) is 0 Å². The maximum Gasteiger partial charge on any atom is 0.279 e. The Morgan fingerprint density at radius 2 is 2.20 bits per heavy atom. The van der Waals surface area contributed by atoms with E-state index in [0.717, 1.165) is 21.9 Å². The number of rotatable bonds is 5. The summed E-state index contributed by atoms with van der Waals surface area (Å²) >= 11 is 5.93. The molecule has 5 heteroatoms. The summed E-state index contributed by atoms with van der Waals surface area (Å²) in [6, 6.07) is 9.20. The van der Waals surface area contributed by atoms with Gasteiger partial charge in [-0.3, -0.25) is 4.79 Å². The van der Waals surface area contributed by atoms with Crippen LogP contribution in [-0.4, -0.2) is 19.5 Å². The van der Waals surface area contributed by atoms with E-state index in [-0.39, 0.29) is 5.91 Å². The summed E-state index contributed by atoms with van der Waals surface area (Å²) in [5.74, 6) is 0.827. The average molecular weight is 294 g/mol. The van der Waals surface area contributed by atoms with E-state index in [1.165, 1.54) is 0 Å². The summed E-state index contributed by atoms with van der Waals surface area (Å²) in [7, 11) is 1.95. The van der Waals surface area contributed by atoms with Gasteiger partial charge < -0.3 is 14.6 Å². The molecule has 1 amide bonds. The maximum atomic E-state index is 12.0. The summed E-state index contributed by atoms with van der Waals surface area (Å²) in [5.41, 5.74) is 1.75. The lowest BCUT2D eigenvalue weighted by Crippen LogP contribution is -3.08. The lowest BCUT2D eigenvalue weighted by Gasteiger charge is -2.13. The molecule has 106 valence electrons. The Kier molecular flexibility index (Phi) is 4.82. The number of halogens is 1. The fourth-order valence-electron chi connectivity index (χ4n) is 1.97. The van der Waals surface area contributed by atoms with Gasteiger partial charge in [0.1, 0.15) is 6.54 Å². The van der Waals surface area contributed by atoms with E-state index in [1.54, 1.807) is 18.4 Å². The van der Waals surface area contributed by atoms with Gasteiger partial charge in [-0.2, -0.15) is 0 Å². The highest BCUT2D eigenvalue weighted by Gasteiger charge is 2.13. The lowest BCUT2D eigenvalue weighted by molar-refractivity contribution is -0.886. The molecule has 0 saturated carbocycles. The third kappa shape index (κ3) is 4.11. The topological polar surface area (TPSA) is 46.7 Å². The van der Waals surface area contributed by atoms with Gasteiger partial charge in [-0.1, -0.05) is 17.7 Å². The summed E-state index contributed by atoms with van der Waals surface area (Å²) in [5, 5.41) is 3.50. The quantitative estimate of drug-likeness (QED) is 0.884. The predicted octanol–water partition coefficient (Wildman–Crippen LogP) is 1.89. The van der Waals surface area contributed by atoms with Gasteiger partial charge in [-0.05, 0) is 36.8 Å². The van der Waals surface area contributed by atoms with Crippen LogP contribution in [0.15, 0.2) is 41.0 Å². The first kappa shape index (κ1) is 14.6. The van der Waals surface area contributed by atoms with Crippen molar-refractivity contribution < 1.29 is 14.1 Å². The largest absolute Gasteiger partial charge is 0.463 e. The van der Waals surface area contributed by atoms with Gasteiger partial charge in [0.15, 0.2) is 12.3 Å². The Morgan fingerprint density at radius 3 is 2.90 bits per heavy atom. The molecule has 0 aliphatic heterocycles. The molecule has 1 aromatic carbocycles. The van der Waals surface area contributed by atoms with Crippen LogP contribution in [0.25, 0.3) is 0 Å². The molecule has 0 bridgehead atoms. The number of nitrogens with one attached hydrogen (secondary N) is 2. The molecule has 0 spiro atoms. The molecule has 2 N–H and O–H groups in total. The van der Waals surface area contributed by atoms with Crippen molar-refractivity contribution >= 4 is 23.2 Å². The summed E-state index contributed by atoms with van der Waals surface area (Å²) < 4.78 is 5.27. The molecule has 0 aliphatic rings. The lowest BCUT2D eigenvalue weighted by atomic mass is 10.2. The van der Waals surface area contributed by atoms with Crippen molar-refractivity contribution in [2.75, 3.05) is 18.9 Å². The van der Waals surface area contributed by atoms with Gasteiger partial charge in [-0.25, -0.2) is 0 Å². The highest BCUT2D eigenvalue weighted by molar-refractivity contribution is 6.31. The number of carbonyl (C=O) groups excluding carboxylic acids is 1. The predicted molar refractivity (Wildman–Crippen MR) is 79.0 cm³/mol. The standard InChI is InChI=1S/C15H17ClN2O2/c1-11-5-6-12(16)8-14(11)17-15(19)10-18(2)9-13-4-3-7-20-13/h3-8H,9-10H2,1-2H3,(H,17,19)/p+1. The van der Waals surface area contributed by atoms with Crippen LogP contribution in [0.3, 0.4) is 0 Å². The van der Waals surface area contributed by atoms with Gasteiger partial charge in [0, 0.05) is 10.7 Å². The second-order valence-corrected chi connectivity index (χ2v) is 5.33. The number of likely N-dealkylation sites (N-methyl/N-ethyl adjacent to an activating group) is 1. The third-order valence-corrected chi connectivity index (χ3v) is 3.23. The van der Waals surface area contributed by atoms with Crippen LogP contribution in [0, 0.1) is 6.92 Å². The number of hydrogen-bond donors (Lipinski definition) is 2. The number of benzene rings is 1. The summed E-state index contributed by atoms with van der Waals surface area (Å²) in [6.07, 6.45) is 1.64. The Labute approximate surface area is 123 Å². The van der Waals surface area contributed by atoms with Crippen molar-refractivity contribution in [3.63, 3.8) is 0 Å². The molecule has 1 unspecified atom stereocenters. The third-order valence-electron chi connectivity index (χ3n) is 2.99. The van der Waals surface area contributed by atoms with Crippen LogP contribution in [0.5, 0.6) is 0 Å². The minimum Gasteiger partial charge on any atom is -0.463 e. The van der Waals surface area contributed by atoms with Gasteiger partial charge in [-0.15, -0.1) is 0 Å². The molecule has 0 saturated heterocycles. The molecule has 1 heterocycles. The maximum absolute atomic E-state index is 12.0. The van der Waals surface area contributed by atoms with Crippen LogP contribution in [-0.2, 0) is 11.3 Å². The van der Waals surface area contributed by atoms with Crippen LogP contribution in [0.1, 0.15) is 11.3 Å². The highest BCUT2D eigenvalue weighted by Crippen LogP contribution is 2.19. The number of quaternary nitrogens is 1. The SMILES string of the molecule is Cc1ccc(Cl)cc1NC(=O)C[NH+](C)Cc1ccco1. The monoisotopic (exact) mass is 293 g/mol. The van der Waals surface area contributed by atoms with Gasteiger partial charge in [0.2, 0.25) is 0 Å². The smallest absolute Gasteiger partial charge is 0.279 e. The summed E-state index contributed by atoms with van der Waals surface area (Å²) in [4.78, 5) is 13.1. The van der Waals surface area contributed by atoms with Crippen molar-refractivity contribution in [1.82, 2.24) is 0 Å². The Morgan fingerprint density at radius 1 is 1.40 bits per heavy atom. The van der Waals surface area contributed by atoms with Gasteiger partial charge >= 0.3 is 0 Å². The Hall–Kier alpha value is -1.78. The molecule has 0 aliphatic carbocycles. The van der Waals surface area contributed by atoms with Crippen molar-refractivity contribution in [2.24, 2.45) is 0 Å². The number of aryl methyl sites for hydroxylation is 1. The minimum absolute atomic E-state index is 0.0422. The van der Waals surface area contributed by atoms with Crippen molar-refractivity contribution in [3.05, 3.63) is 52.9 Å². The first-order chi connectivity index (χ1) is 9.54. The number of amides is 1. The zero-order chi connectivity index (χ0) is 14.5. The molecule has 2 aromatic rings. The van der Waals surface area contributed by atoms with E-state index in [2.05, 4.69) is 5.32 Å². The molecule has 2 rings (SSSR count). The average Bonchev–Trinajstić information content (AvgIpc) is 2.86. The number of anilines is 1. The zero-order valence-electron chi connectivity index (χ0n) is 11.6. The molecule has 1 aromatic heterocycles. The van der Waals surface area contributed by atoms with E-state index in [9.17, 15) is 4.79 Å². The fraction of sp³-hybridized carbons (Fsp3) is 0.267. The number of hydrogen-bond acceptors (Lipinski definition) is 2. The first-order valence-electron chi connectivity index (χ1n) is 6.44. The van der Waals surface area contributed by atoms with Crippen molar-refractivity contribution in [3.8, 4) is 0 Å². The van der Waals surface area contributed by atoms with E-state index in [1.807, 2.05) is 32.2 Å². The summed E-state index contributed by atoms with van der Waals surface area (Å²) in [6.45, 7) is 2.98. The molecular weight excluding hydrogens is 276 g/mol. The highest BCUT2D eigenvalue weighted by atomic mass is 35.5. The normalized spacial score (nSPS) is 12.2. The Balaban J connectivity index is 1.90. The van der Waals surface area contributed by atoms with Crippen LogP contribution in [0.2, 0.25) is 5.02 Å². The first-order valence-corrected chi connectivity index (χ1v) is 6.82. The van der Waals surface area contributed by atoms with E-state index < -0.39 is 0 Å². The van der Waals surface area contributed by atoms with E-state index in [4.69, 9.17) is 16.0 Å². The number of carbonyl (C=O) groups is 1. The number of furan rings is 1. The fourth-order valence-corrected chi connectivity index (χ4v) is 2.14. The molecule has 1 atom stereocenters. The van der Waals surface area contributed by atoms with E-state index >= 15 is 0 Å². The Bertz CT molecular complexity index is 582. The zero-order valence-corrected chi connectivity index (χ0v) is 12.3.